The Morgan fingerprint density at radius 1 is 1.13 bits per heavy atom. The van der Waals surface area contributed by atoms with Gasteiger partial charge in [-0.2, -0.15) is 0 Å². The molecular weight excluding hydrogens is 426 g/mol. The monoisotopic (exact) mass is 449 g/mol. The zero-order valence-corrected chi connectivity index (χ0v) is 18.2. The van der Waals surface area contributed by atoms with Gasteiger partial charge in [-0.1, -0.05) is 29.8 Å². The van der Waals surface area contributed by atoms with Crippen LogP contribution in [0.25, 0.3) is 0 Å². The molecule has 1 saturated carbocycles. The first-order chi connectivity index (χ1) is 14.3. The molecule has 0 bridgehead atoms. The Labute approximate surface area is 181 Å². The van der Waals surface area contributed by atoms with Crippen LogP contribution in [0.15, 0.2) is 53.4 Å². The zero-order valence-electron chi connectivity index (χ0n) is 16.6. The van der Waals surface area contributed by atoms with Crippen molar-refractivity contribution in [2.45, 2.75) is 37.2 Å². The molecule has 0 aliphatic heterocycles. The van der Waals surface area contributed by atoms with Gasteiger partial charge in [-0.25, -0.2) is 13.1 Å². The van der Waals surface area contributed by atoms with E-state index in [1.54, 1.807) is 25.1 Å². The average molecular weight is 450 g/mol. The maximum absolute atomic E-state index is 12.9. The van der Waals surface area contributed by atoms with E-state index < -0.39 is 15.9 Å². The lowest BCUT2D eigenvalue weighted by Crippen LogP contribution is -2.40. The van der Waals surface area contributed by atoms with Crippen LogP contribution in [-0.2, 0) is 21.4 Å². The Bertz CT molecular complexity index is 1020. The molecular formula is C21H24ClN3O4S. The van der Waals surface area contributed by atoms with Gasteiger partial charge in [0, 0.05) is 29.7 Å². The van der Waals surface area contributed by atoms with E-state index in [1.165, 1.54) is 23.1 Å². The average Bonchev–Trinajstić information content (AvgIpc) is 3.54. The van der Waals surface area contributed by atoms with E-state index in [1.807, 2.05) is 12.1 Å². The minimum Gasteiger partial charge on any atom is -0.350 e. The molecule has 0 spiro atoms. The number of amides is 2. The molecule has 2 aromatic carbocycles. The Morgan fingerprint density at radius 3 is 2.47 bits per heavy atom. The number of carbonyl (C=O) groups is 2. The van der Waals surface area contributed by atoms with Crippen LogP contribution >= 0.6 is 11.6 Å². The molecule has 9 heteroatoms. The Kier molecular flexibility index (Phi) is 7.12. The highest BCUT2D eigenvalue weighted by Gasteiger charge is 2.28. The highest BCUT2D eigenvalue weighted by Crippen LogP contribution is 2.22. The molecule has 0 aromatic heterocycles. The number of rotatable bonds is 9. The minimum absolute atomic E-state index is 0.0224. The number of nitrogens with one attached hydrogen (secondary N) is 2. The molecule has 0 saturated heterocycles. The highest BCUT2D eigenvalue weighted by molar-refractivity contribution is 7.89. The van der Waals surface area contributed by atoms with Gasteiger partial charge in [-0.3, -0.25) is 9.59 Å². The predicted molar refractivity (Wildman–Crippen MR) is 115 cm³/mol. The summed E-state index contributed by atoms with van der Waals surface area (Å²) in [6.07, 6.45) is 1.65. The third-order valence-corrected chi connectivity index (χ3v) is 6.47. The lowest BCUT2D eigenvalue weighted by Gasteiger charge is -2.21. The number of sulfonamides is 1. The third-order valence-electron chi connectivity index (χ3n) is 4.70. The van der Waals surface area contributed by atoms with Gasteiger partial charge < -0.3 is 10.2 Å². The molecule has 1 fully saturated rings. The molecule has 3 rings (SSSR count). The Hall–Kier alpha value is -2.42. The largest absolute Gasteiger partial charge is 0.350 e. The number of nitrogens with zero attached hydrogens (tertiary/aromatic N) is 1. The molecule has 0 heterocycles. The van der Waals surface area contributed by atoms with Crippen molar-refractivity contribution in [3.05, 3.63) is 64.7 Å². The number of carbonyl (C=O) groups excluding carboxylic acids is 2. The summed E-state index contributed by atoms with van der Waals surface area (Å²) >= 11 is 5.85. The predicted octanol–water partition coefficient (Wildman–Crippen LogP) is 2.56. The second-order valence-corrected chi connectivity index (χ2v) is 9.30. The van der Waals surface area contributed by atoms with Crippen molar-refractivity contribution < 1.29 is 18.0 Å². The van der Waals surface area contributed by atoms with Crippen LogP contribution in [0.5, 0.6) is 0 Å². The van der Waals surface area contributed by atoms with Gasteiger partial charge in [0.25, 0.3) is 5.91 Å². The van der Waals surface area contributed by atoms with E-state index in [-0.39, 0.29) is 29.0 Å². The first-order valence-electron chi connectivity index (χ1n) is 9.71. The van der Waals surface area contributed by atoms with Crippen molar-refractivity contribution in [1.29, 1.82) is 0 Å². The van der Waals surface area contributed by atoms with Gasteiger partial charge in [-0.15, -0.1) is 0 Å². The molecule has 2 amide bonds. The van der Waals surface area contributed by atoms with Crippen LogP contribution < -0.4 is 10.0 Å². The van der Waals surface area contributed by atoms with Crippen molar-refractivity contribution in [3.8, 4) is 0 Å². The van der Waals surface area contributed by atoms with Crippen molar-refractivity contribution >= 4 is 33.4 Å². The SMILES string of the molecule is CCN(CC(=O)NCc1ccc(Cl)cc1)C(=O)c1cccc(S(=O)(=O)NC2CC2)c1. The second-order valence-electron chi connectivity index (χ2n) is 7.15. The van der Waals surface area contributed by atoms with Crippen LogP contribution in [0.2, 0.25) is 5.02 Å². The maximum Gasteiger partial charge on any atom is 0.254 e. The summed E-state index contributed by atoms with van der Waals surface area (Å²) in [6.45, 7) is 2.27. The van der Waals surface area contributed by atoms with Crippen LogP contribution in [-0.4, -0.2) is 44.3 Å². The zero-order chi connectivity index (χ0) is 21.7. The fourth-order valence-corrected chi connectivity index (χ4v) is 4.30. The fraction of sp³-hybridized carbons (Fsp3) is 0.333. The maximum atomic E-state index is 12.9. The molecule has 0 atom stereocenters. The number of likely N-dealkylation sites (N-methyl/N-ethyl adjacent to an activating group) is 1. The fourth-order valence-electron chi connectivity index (χ4n) is 2.83. The smallest absolute Gasteiger partial charge is 0.254 e. The van der Waals surface area contributed by atoms with Crippen molar-refractivity contribution in [2.75, 3.05) is 13.1 Å². The van der Waals surface area contributed by atoms with Crippen molar-refractivity contribution in [3.63, 3.8) is 0 Å². The lowest BCUT2D eigenvalue weighted by molar-refractivity contribution is -0.121. The van der Waals surface area contributed by atoms with E-state index in [4.69, 9.17) is 11.6 Å². The number of hydrogen-bond acceptors (Lipinski definition) is 4. The molecule has 7 nitrogen and oxygen atoms in total. The molecule has 1 aliphatic rings. The van der Waals surface area contributed by atoms with Gasteiger partial charge in [0.2, 0.25) is 15.9 Å². The van der Waals surface area contributed by atoms with Crippen molar-refractivity contribution in [2.24, 2.45) is 0 Å². The third kappa shape index (κ3) is 6.04. The summed E-state index contributed by atoms with van der Waals surface area (Å²) in [5, 5.41) is 3.39. The molecule has 0 unspecified atom stereocenters. The first kappa shape index (κ1) is 22.3. The van der Waals surface area contributed by atoms with Gasteiger partial charge in [0.1, 0.15) is 0 Å². The van der Waals surface area contributed by atoms with E-state index in [9.17, 15) is 18.0 Å². The summed E-state index contributed by atoms with van der Waals surface area (Å²) in [5.74, 6) is -0.707. The van der Waals surface area contributed by atoms with E-state index in [0.717, 1.165) is 18.4 Å². The summed E-state index contributed by atoms with van der Waals surface area (Å²) < 4.78 is 27.4. The van der Waals surface area contributed by atoms with E-state index >= 15 is 0 Å². The Balaban J connectivity index is 1.63. The molecule has 1 aliphatic carbocycles. The minimum atomic E-state index is -3.66. The molecule has 160 valence electrons. The van der Waals surface area contributed by atoms with Gasteiger partial charge in [0.15, 0.2) is 0 Å². The van der Waals surface area contributed by atoms with Crippen molar-refractivity contribution in [1.82, 2.24) is 14.9 Å². The molecule has 0 radical (unpaired) electrons. The highest BCUT2D eigenvalue weighted by atomic mass is 35.5. The quantitative estimate of drug-likeness (QED) is 0.615. The van der Waals surface area contributed by atoms with E-state index in [0.29, 0.717) is 18.1 Å². The second kappa shape index (κ2) is 9.59. The van der Waals surface area contributed by atoms with Crippen LogP contribution in [0, 0.1) is 0 Å². The number of halogens is 1. The van der Waals surface area contributed by atoms with Crippen LogP contribution in [0.1, 0.15) is 35.7 Å². The van der Waals surface area contributed by atoms with Crippen LogP contribution in [0.4, 0.5) is 0 Å². The Morgan fingerprint density at radius 2 is 1.83 bits per heavy atom. The van der Waals surface area contributed by atoms with Gasteiger partial charge >= 0.3 is 0 Å². The summed E-state index contributed by atoms with van der Waals surface area (Å²) in [6, 6.07) is 13.0. The standard InChI is InChI=1S/C21H24ClN3O4S/c1-2-25(14-20(26)23-13-15-6-8-17(22)9-7-15)21(27)16-4-3-5-19(12-16)30(28,29)24-18-10-11-18/h3-9,12,18,24H,2,10-11,13-14H2,1H3,(H,23,26). The van der Waals surface area contributed by atoms with E-state index in [2.05, 4.69) is 10.0 Å². The molecule has 2 aromatic rings. The van der Waals surface area contributed by atoms with Gasteiger partial charge in [0.05, 0.1) is 11.4 Å². The summed E-state index contributed by atoms with van der Waals surface area (Å²) in [7, 11) is -3.66. The number of benzene rings is 2. The summed E-state index contributed by atoms with van der Waals surface area (Å²) in [4.78, 5) is 26.6. The van der Waals surface area contributed by atoms with Gasteiger partial charge in [-0.05, 0) is 55.7 Å². The normalized spacial score (nSPS) is 13.7. The molecule has 30 heavy (non-hydrogen) atoms. The first-order valence-corrected chi connectivity index (χ1v) is 11.6. The topological polar surface area (TPSA) is 95.6 Å². The summed E-state index contributed by atoms with van der Waals surface area (Å²) in [5.41, 5.74) is 1.12. The lowest BCUT2D eigenvalue weighted by atomic mass is 10.2. The molecule has 2 N–H and O–H groups in total. The number of hydrogen-bond donors (Lipinski definition) is 2. The van der Waals surface area contributed by atoms with Crippen LogP contribution in [0.3, 0.4) is 0 Å².